The molecule has 150 valence electrons. The zero-order valence-electron chi connectivity index (χ0n) is 16.4. The van der Waals surface area contributed by atoms with Gasteiger partial charge >= 0.3 is 0 Å². The first kappa shape index (κ1) is 21.5. The molecule has 0 aliphatic heterocycles. The largest absolute Gasteiger partial charge is 0.493 e. The number of hydrogen-bond donors (Lipinski definition) is 0. The molecule has 7 nitrogen and oxygen atoms in total. The third kappa shape index (κ3) is 4.52. The van der Waals surface area contributed by atoms with Crippen LogP contribution in [0.25, 0.3) is 6.08 Å². The van der Waals surface area contributed by atoms with Crippen LogP contribution in [-0.2, 0) is 10.0 Å². The Hall–Kier alpha value is -2.84. The van der Waals surface area contributed by atoms with Crippen LogP contribution in [0.4, 0.5) is 0 Å². The Morgan fingerprint density at radius 2 is 1.46 bits per heavy atom. The molecular formula is C20H23NO6S. The lowest BCUT2D eigenvalue weighted by Gasteiger charge is -2.12. The highest BCUT2D eigenvalue weighted by molar-refractivity contribution is 7.89. The number of nitrogens with zero attached hydrogens (tertiary/aromatic N) is 1. The van der Waals surface area contributed by atoms with Crippen LogP contribution < -0.4 is 14.2 Å². The van der Waals surface area contributed by atoms with Gasteiger partial charge < -0.3 is 14.2 Å². The minimum Gasteiger partial charge on any atom is -0.493 e. The zero-order chi connectivity index (χ0) is 20.9. The highest BCUT2D eigenvalue weighted by Crippen LogP contribution is 2.38. The number of sulfonamides is 1. The summed E-state index contributed by atoms with van der Waals surface area (Å²) in [6, 6.07) is 9.23. The molecule has 0 aromatic heterocycles. The van der Waals surface area contributed by atoms with E-state index >= 15 is 0 Å². The molecule has 0 saturated carbocycles. The first-order valence-electron chi connectivity index (χ1n) is 8.29. The molecule has 2 aromatic carbocycles. The molecule has 0 amide bonds. The van der Waals surface area contributed by atoms with Crippen molar-refractivity contribution in [3.05, 3.63) is 53.6 Å². The van der Waals surface area contributed by atoms with Gasteiger partial charge in [-0.05, 0) is 48.0 Å². The molecule has 0 aliphatic rings. The number of allylic oxidation sites excluding steroid dienone is 1. The molecule has 0 heterocycles. The molecule has 2 rings (SSSR count). The maximum absolute atomic E-state index is 12.4. The number of benzene rings is 2. The summed E-state index contributed by atoms with van der Waals surface area (Å²) >= 11 is 0. The average Bonchev–Trinajstić information content (AvgIpc) is 2.70. The van der Waals surface area contributed by atoms with Crippen LogP contribution in [0, 0.1) is 0 Å². The lowest BCUT2D eigenvalue weighted by Crippen LogP contribution is -2.22. The molecule has 0 bridgehead atoms. The third-order valence-corrected chi connectivity index (χ3v) is 5.86. The Bertz CT molecular complexity index is 953. The monoisotopic (exact) mass is 405 g/mol. The predicted octanol–water partition coefficient (Wildman–Crippen LogP) is 2.86. The number of carbonyl (C=O) groups is 1. The average molecular weight is 405 g/mol. The second kappa shape index (κ2) is 8.90. The van der Waals surface area contributed by atoms with E-state index in [4.69, 9.17) is 14.2 Å². The van der Waals surface area contributed by atoms with Crippen molar-refractivity contribution in [2.45, 2.75) is 4.90 Å². The molecule has 2 aromatic rings. The van der Waals surface area contributed by atoms with Gasteiger partial charge in [0.1, 0.15) is 0 Å². The van der Waals surface area contributed by atoms with Gasteiger partial charge in [-0.2, -0.15) is 0 Å². The Morgan fingerprint density at radius 1 is 0.929 bits per heavy atom. The molecule has 0 saturated heterocycles. The van der Waals surface area contributed by atoms with E-state index in [2.05, 4.69) is 0 Å². The van der Waals surface area contributed by atoms with Crippen molar-refractivity contribution in [2.75, 3.05) is 35.4 Å². The number of ketones is 1. The fourth-order valence-electron chi connectivity index (χ4n) is 2.47. The van der Waals surface area contributed by atoms with Crippen molar-refractivity contribution in [3.8, 4) is 17.2 Å². The molecule has 0 radical (unpaired) electrons. The van der Waals surface area contributed by atoms with Crippen LogP contribution in [0.5, 0.6) is 17.2 Å². The van der Waals surface area contributed by atoms with E-state index in [1.54, 1.807) is 18.2 Å². The third-order valence-electron chi connectivity index (χ3n) is 4.03. The van der Waals surface area contributed by atoms with E-state index in [0.717, 1.165) is 4.31 Å². The lowest BCUT2D eigenvalue weighted by molar-refractivity contribution is 0.104. The van der Waals surface area contributed by atoms with Crippen LogP contribution in [0.1, 0.15) is 15.9 Å². The van der Waals surface area contributed by atoms with E-state index < -0.39 is 10.0 Å². The van der Waals surface area contributed by atoms with E-state index in [-0.39, 0.29) is 10.7 Å². The van der Waals surface area contributed by atoms with Crippen LogP contribution in [-0.4, -0.2) is 53.9 Å². The van der Waals surface area contributed by atoms with Crippen molar-refractivity contribution >= 4 is 21.9 Å². The number of rotatable bonds is 8. The fraction of sp³-hybridized carbons (Fsp3) is 0.250. The molecule has 0 unspecified atom stereocenters. The first-order valence-corrected chi connectivity index (χ1v) is 9.73. The van der Waals surface area contributed by atoms with Gasteiger partial charge in [0.15, 0.2) is 17.3 Å². The minimum atomic E-state index is -3.53. The molecule has 0 atom stereocenters. The number of ether oxygens (including phenoxy) is 3. The number of hydrogen-bond acceptors (Lipinski definition) is 6. The quantitative estimate of drug-likeness (QED) is 0.496. The topological polar surface area (TPSA) is 82.1 Å². The highest BCUT2D eigenvalue weighted by Gasteiger charge is 2.17. The Labute approximate surface area is 165 Å². The van der Waals surface area contributed by atoms with Gasteiger partial charge in [-0.1, -0.05) is 6.08 Å². The van der Waals surface area contributed by atoms with E-state index in [9.17, 15) is 13.2 Å². The van der Waals surface area contributed by atoms with E-state index in [1.165, 1.54) is 65.8 Å². The summed E-state index contributed by atoms with van der Waals surface area (Å²) in [7, 11) is 3.91. The van der Waals surface area contributed by atoms with Crippen molar-refractivity contribution in [2.24, 2.45) is 0 Å². The van der Waals surface area contributed by atoms with Crippen LogP contribution in [0.15, 0.2) is 47.4 Å². The molecule has 8 heteroatoms. The van der Waals surface area contributed by atoms with E-state index in [1.807, 2.05) is 0 Å². The standard InChI is InChI=1S/C20H23NO6S/c1-21(2)28(23,24)16-9-7-15(8-10-16)17(22)11-6-14-12-18(25-3)20(27-5)19(13-14)26-4/h6-13H,1-5H3. The minimum absolute atomic E-state index is 0.127. The molecule has 0 spiro atoms. The van der Waals surface area contributed by atoms with Gasteiger partial charge in [-0.15, -0.1) is 0 Å². The van der Waals surface area contributed by atoms with E-state index in [0.29, 0.717) is 28.4 Å². The van der Waals surface area contributed by atoms with Gasteiger partial charge in [0.05, 0.1) is 26.2 Å². The van der Waals surface area contributed by atoms with Gasteiger partial charge in [0.2, 0.25) is 15.8 Å². The molecule has 0 fully saturated rings. The van der Waals surface area contributed by atoms with Crippen LogP contribution in [0.3, 0.4) is 0 Å². The van der Waals surface area contributed by atoms with Crippen LogP contribution >= 0.6 is 0 Å². The SMILES string of the molecule is COc1cc(C=CC(=O)c2ccc(S(=O)(=O)N(C)C)cc2)cc(OC)c1OC. The first-order chi connectivity index (χ1) is 13.2. The van der Waals surface area contributed by atoms with Gasteiger partial charge in [-0.25, -0.2) is 12.7 Å². The van der Waals surface area contributed by atoms with Gasteiger partial charge in [0, 0.05) is 19.7 Å². The molecular weight excluding hydrogens is 382 g/mol. The molecule has 0 N–H and O–H groups in total. The highest BCUT2D eigenvalue weighted by atomic mass is 32.2. The lowest BCUT2D eigenvalue weighted by atomic mass is 10.1. The normalized spacial score (nSPS) is 11.6. The number of carbonyl (C=O) groups excluding carboxylic acids is 1. The second-order valence-electron chi connectivity index (χ2n) is 5.97. The van der Waals surface area contributed by atoms with Crippen molar-refractivity contribution in [3.63, 3.8) is 0 Å². The fourth-order valence-corrected chi connectivity index (χ4v) is 3.37. The summed E-state index contributed by atoms with van der Waals surface area (Å²) in [6.07, 6.45) is 3.02. The van der Waals surface area contributed by atoms with Gasteiger partial charge in [-0.3, -0.25) is 4.79 Å². The summed E-state index contributed by atoms with van der Waals surface area (Å²) in [5.41, 5.74) is 1.07. The Kier molecular flexibility index (Phi) is 6.82. The summed E-state index contributed by atoms with van der Waals surface area (Å²) < 4.78 is 41.2. The summed E-state index contributed by atoms with van der Waals surface area (Å²) in [6.45, 7) is 0. The second-order valence-corrected chi connectivity index (χ2v) is 8.12. The summed E-state index contributed by atoms with van der Waals surface area (Å²) in [5.74, 6) is 1.16. The van der Waals surface area contributed by atoms with Crippen molar-refractivity contribution in [1.29, 1.82) is 0 Å². The zero-order valence-corrected chi connectivity index (χ0v) is 17.2. The molecule has 28 heavy (non-hydrogen) atoms. The van der Waals surface area contributed by atoms with Crippen LogP contribution in [0.2, 0.25) is 0 Å². The Balaban J connectivity index is 2.27. The summed E-state index contributed by atoms with van der Waals surface area (Å²) in [5, 5.41) is 0. The van der Waals surface area contributed by atoms with Crippen molar-refractivity contribution in [1.82, 2.24) is 4.31 Å². The molecule has 0 aliphatic carbocycles. The maximum atomic E-state index is 12.4. The van der Waals surface area contributed by atoms with Crippen molar-refractivity contribution < 1.29 is 27.4 Å². The number of methoxy groups -OCH3 is 3. The maximum Gasteiger partial charge on any atom is 0.242 e. The summed E-state index contributed by atoms with van der Waals surface area (Å²) in [4.78, 5) is 12.5. The Morgan fingerprint density at radius 3 is 1.89 bits per heavy atom. The van der Waals surface area contributed by atoms with Gasteiger partial charge in [0.25, 0.3) is 0 Å². The smallest absolute Gasteiger partial charge is 0.242 e. The predicted molar refractivity (Wildman–Crippen MR) is 107 cm³/mol.